The molecule has 1 heterocycles. The van der Waals surface area contributed by atoms with Crippen molar-refractivity contribution < 1.29 is 14.3 Å². The number of amides is 3. The highest BCUT2D eigenvalue weighted by Gasteiger charge is 2.12. The fourth-order valence-electron chi connectivity index (χ4n) is 1.99. The normalized spacial score (nSPS) is 15.1. The molecule has 0 spiro atoms. The van der Waals surface area contributed by atoms with Crippen molar-refractivity contribution in [3.8, 4) is 0 Å². The summed E-state index contributed by atoms with van der Waals surface area (Å²) in [6, 6.07) is 6.30. The van der Waals surface area contributed by atoms with Gasteiger partial charge in [0.25, 0.3) is 0 Å². The van der Waals surface area contributed by atoms with Gasteiger partial charge in [-0.1, -0.05) is 23.7 Å². The first-order valence-corrected chi connectivity index (χ1v) is 7.43. The first-order valence-electron chi connectivity index (χ1n) is 7.05. The number of hydrogen-bond donors (Lipinski definition) is 3. The fourth-order valence-corrected chi connectivity index (χ4v) is 2.17. The molecule has 7 nitrogen and oxygen atoms in total. The minimum atomic E-state index is -0.548. The van der Waals surface area contributed by atoms with Crippen LogP contribution in [0, 0.1) is 0 Å². The van der Waals surface area contributed by atoms with Crippen molar-refractivity contribution in [1.29, 1.82) is 0 Å². The van der Waals surface area contributed by atoms with Gasteiger partial charge in [0, 0.05) is 26.1 Å². The molecule has 3 amide bonds. The summed E-state index contributed by atoms with van der Waals surface area (Å²) < 4.78 is 5.23. The molecule has 1 aromatic carbocycles. The van der Waals surface area contributed by atoms with Gasteiger partial charge in [-0.15, -0.1) is 0 Å². The number of para-hydroxylation sites is 1. The Bertz CT molecular complexity index is 521. The third-order valence-corrected chi connectivity index (χ3v) is 3.53. The van der Waals surface area contributed by atoms with E-state index in [-0.39, 0.29) is 5.91 Å². The fraction of sp³-hybridized carbons (Fsp3) is 0.429. The summed E-state index contributed by atoms with van der Waals surface area (Å²) in [7, 11) is 0. The molecule has 22 heavy (non-hydrogen) atoms. The molecule has 0 unspecified atom stereocenters. The van der Waals surface area contributed by atoms with Gasteiger partial charge >= 0.3 is 6.03 Å². The zero-order chi connectivity index (χ0) is 15.8. The maximum Gasteiger partial charge on any atom is 0.337 e. The zero-order valence-electron chi connectivity index (χ0n) is 12.1. The minimum Gasteiger partial charge on any atom is -0.379 e. The van der Waals surface area contributed by atoms with Gasteiger partial charge in [-0.3, -0.25) is 15.1 Å². The summed E-state index contributed by atoms with van der Waals surface area (Å²) in [6.45, 7) is 3.69. The van der Waals surface area contributed by atoms with Gasteiger partial charge in [-0.05, 0) is 12.1 Å². The Morgan fingerprint density at radius 2 is 1.91 bits per heavy atom. The number of carbonyl (C=O) groups is 2. The summed E-state index contributed by atoms with van der Waals surface area (Å²) in [5.41, 5.74) is 5.13. The highest BCUT2D eigenvalue weighted by Crippen LogP contribution is 2.19. The van der Waals surface area contributed by atoms with Crippen LogP contribution in [0.4, 0.5) is 10.5 Å². The number of anilines is 1. The van der Waals surface area contributed by atoms with E-state index in [1.165, 1.54) is 0 Å². The Labute approximate surface area is 133 Å². The monoisotopic (exact) mass is 326 g/mol. The van der Waals surface area contributed by atoms with Gasteiger partial charge in [0.1, 0.15) is 0 Å². The first kappa shape index (κ1) is 16.5. The number of hydrogen-bond acceptors (Lipinski definition) is 4. The molecule has 120 valence electrons. The summed E-state index contributed by atoms with van der Waals surface area (Å²) in [5.74, 6) is -0.249. The largest absolute Gasteiger partial charge is 0.379 e. The molecule has 1 aromatic rings. The molecule has 0 aliphatic carbocycles. The zero-order valence-corrected chi connectivity index (χ0v) is 12.9. The van der Waals surface area contributed by atoms with Crippen molar-refractivity contribution in [3.63, 3.8) is 0 Å². The first-order chi connectivity index (χ1) is 10.6. The van der Waals surface area contributed by atoms with Crippen molar-refractivity contribution in [1.82, 2.24) is 15.8 Å². The van der Waals surface area contributed by atoms with Crippen LogP contribution in [0.3, 0.4) is 0 Å². The molecule has 1 aliphatic rings. The Morgan fingerprint density at radius 3 is 2.64 bits per heavy atom. The van der Waals surface area contributed by atoms with Crippen LogP contribution >= 0.6 is 11.6 Å². The molecule has 1 aliphatic heterocycles. The molecule has 0 aromatic heterocycles. The molecule has 0 saturated carbocycles. The average Bonchev–Trinajstić information content (AvgIpc) is 2.54. The lowest BCUT2D eigenvalue weighted by Gasteiger charge is -2.26. The van der Waals surface area contributed by atoms with E-state index >= 15 is 0 Å². The highest BCUT2D eigenvalue weighted by molar-refractivity contribution is 6.33. The molecule has 0 radical (unpaired) electrons. The number of ether oxygens (including phenoxy) is 1. The van der Waals surface area contributed by atoms with Crippen LogP contribution < -0.4 is 16.2 Å². The average molecular weight is 327 g/mol. The van der Waals surface area contributed by atoms with Gasteiger partial charge in [-0.25, -0.2) is 10.2 Å². The molecule has 2 rings (SSSR count). The number of rotatable bonds is 4. The van der Waals surface area contributed by atoms with E-state index < -0.39 is 6.03 Å². The van der Waals surface area contributed by atoms with Crippen molar-refractivity contribution in [2.45, 2.75) is 6.42 Å². The van der Waals surface area contributed by atoms with Gasteiger partial charge in [0.2, 0.25) is 5.91 Å². The van der Waals surface area contributed by atoms with E-state index in [0.717, 1.165) is 13.1 Å². The van der Waals surface area contributed by atoms with Crippen LogP contribution in [0.5, 0.6) is 0 Å². The third kappa shape index (κ3) is 5.51. The number of hydrazine groups is 1. The quantitative estimate of drug-likeness (QED) is 0.726. The lowest BCUT2D eigenvalue weighted by atomic mass is 10.3. The number of morpholine rings is 1. The SMILES string of the molecule is O=C(CCN1CCOCC1)NNC(=O)Nc1ccccc1Cl. The number of benzene rings is 1. The predicted octanol–water partition coefficient (Wildman–Crippen LogP) is 1.22. The third-order valence-electron chi connectivity index (χ3n) is 3.20. The molecular formula is C14H19ClN4O3. The van der Waals surface area contributed by atoms with E-state index in [4.69, 9.17) is 16.3 Å². The van der Waals surface area contributed by atoms with Gasteiger partial charge in [0.15, 0.2) is 0 Å². The van der Waals surface area contributed by atoms with Crippen LogP contribution in [0.25, 0.3) is 0 Å². The van der Waals surface area contributed by atoms with Crippen LogP contribution in [-0.4, -0.2) is 49.7 Å². The standard InChI is InChI=1S/C14H19ClN4O3/c15-11-3-1-2-4-12(11)16-14(21)18-17-13(20)5-6-19-7-9-22-10-8-19/h1-4H,5-10H2,(H,17,20)(H2,16,18,21). The second-order valence-electron chi connectivity index (χ2n) is 4.81. The molecule has 8 heteroatoms. The van der Waals surface area contributed by atoms with Gasteiger partial charge in [0.05, 0.1) is 23.9 Å². The van der Waals surface area contributed by atoms with Crippen LogP contribution in [0.1, 0.15) is 6.42 Å². The Balaban J connectivity index is 1.65. The molecule has 0 atom stereocenters. The Hall–Kier alpha value is -1.83. The molecular weight excluding hydrogens is 308 g/mol. The smallest absolute Gasteiger partial charge is 0.337 e. The topological polar surface area (TPSA) is 82.7 Å². The Morgan fingerprint density at radius 1 is 1.18 bits per heavy atom. The second-order valence-corrected chi connectivity index (χ2v) is 5.22. The number of carbonyl (C=O) groups excluding carboxylic acids is 2. The van der Waals surface area contributed by atoms with Crippen molar-refractivity contribution >= 4 is 29.2 Å². The van der Waals surface area contributed by atoms with Crippen LogP contribution in [0.2, 0.25) is 5.02 Å². The van der Waals surface area contributed by atoms with Gasteiger partial charge < -0.3 is 10.1 Å². The maximum absolute atomic E-state index is 11.7. The number of nitrogens with zero attached hydrogens (tertiary/aromatic N) is 1. The minimum absolute atomic E-state index is 0.249. The van der Waals surface area contributed by atoms with Gasteiger partial charge in [-0.2, -0.15) is 0 Å². The van der Waals surface area contributed by atoms with E-state index in [1.807, 2.05) is 0 Å². The van der Waals surface area contributed by atoms with E-state index in [2.05, 4.69) is 21.1 Å². The molecule has 0 bridgehead atoms. The maximum atomic E-state index is 11.7. The van der Waals surface area contributed by atoms with E-state index in [9.17, 15) is 9.59 Å². The molecule has 1 saturated heterocycles. The number of nitrogens with one attached hydrogen (secondary N) is 3. The summed E-state index contributed by atoms with van der Waals surface area (Å²) >= 11 is 5.92. The van der Waals surface area contributed by atoms with Crippen molar-refractivity contribution in [2.75, 3.05) is 38.2 Å². The van der Waals surface area contributed by atoms with Crippen molar-refractivity contribution in [3.05, 3.63) is 29.3 Å². The molecule has 3 N–H and O–H groups in total. The number of urea groups is 1. The Kier molecular flexibility index (Phi) is 6.45. The second kappa shape index (κ2) is 8.57. The van der Waals surface area contributed by atoms with Crippen molar-refractivity contribution in [2.24, 2.45) is 0 Å². The van der Waals surface area contributed by atoms with E-state index in [1.54, 1.807) is 24.3 Å². The van der Waals surface area contributed by atoms with Crippen LogP contribution in [-0.2, 0) is 9.53 Å². The lowest BCUT2D eigenvalue weighted by molar-refractivity contribution is -0.122. The summed E-state index contributed by atoms with van der Waals surface area (Å²) in [4.78, 5) is 25.5. The predicted molar refractivity (Wildman–Crippen MR) is 83.6 cm³/mol. The number of halogens is 1. The summed E-state index contributed by atoms with van der Waals surface area (Å²) in [6.07, 6.45) is 0.312. The molecule has 1 fully saturated rings. The summed E-state index contributed by atoms with van der Waals surface area (Å²) in [5, 5.41) is 2.97. The van der Waals surface area contributed by atoms with E-state index in [0.29, 0.717) is 36.9 Å². The lowest BCUT2D eigenvalue weighted by Crippen LogP contribution is -2.45. The highest BCUT2D eigenvalue weighted by atomic mass is 35.5. The van der Waals surface area contributed by atoms with Crippen LogP contribution in [0.15, 0.2) is 24.3 Å².